The van der Waals surface area contributed by atoms with Gasteiger partial charge in [0.15, 0.2) is 12.0 Å². The molecule has 1 aliphatic carbocycles. The van der Waals surface area contributed by atoms with Crippen LogP contribution in [0, 0.1) is 5.92 Å². The molecule has 3 heterocycles. The van der Waals surface area contributed by atoms with Gasteiger partial charge >= 0.3 is 17.8 Å². The van der Waals surface area contributed by atoms with Gasteiger partial charge < -0.3 is 34.7 Å². The summed E-state index contributed by atoms with van der Waals surface area (Å²) < 4.78 is 30.5. The quantitative estimate of drug-likeness (QED) is 0.338. The molecule has 0 saturated carbocycles. The number of alkyl carbamates (subject to hydrolysis) is 1. The Hall–Kier alpha value is -4.33. The summed E-state index contributed by atoms with van der Waals surface area (Å²) in [6.45, 7) is 7.13. The number of nitrogens with two attached hydrogens (primary N) is 1. The number of carbonyl (C=O) groups is 2. The molecule has 0 bridgehead atoms. The largest absolute Gasteiger partial charge is 0.461 e. The molecule has 1 amide bonds. The minimum Gasteiger partial charge on any atom is -0.461 e. The highest BCUT2D eigenvalue weighted by atomic mass is 16.8. The molecule has 1 aromatic heterocycles. The summed E-state index contributed by atoms with van der Waals surface area (Å²) >= 11 is 0. The van der Waals surface area contributed by atoms with Gasteiger partial charge in [-0.3, -0.25) is 0 Å². The van der Waals surface area contributed by atoms with E-state index in [1.165, 1.54) is 6.20 Å². The van der Waals surface area contributed by atoms with Crippen LogP contribution in [0.1, 0.15) is 57.4 Å². The normalized spacial score (nSPS) is 24.3. The zero-order valence-corrected chi connectivity index (χ0v) is 25.5. The number of nitrogens with one attached hydrogen (secondary N) is 1. The van der Waals surface area contributed by atoms with E-state index in [0.717, 1.165) is 26.9 Å². The third-order valence-electron chi connectivity index (χ3n) is 8.58. The molecule has 238 valence electrons. The summed E-state index contributed by atoms with van der Waals surface area (Å²) in [6.07, 6.45) is -2.04. The predicted molar refractivity (Wildman–Crippen MR) is 161 cm³/mol. The van der Waals surface area contributed by atoms with Crippen LogP contribution in [-0.2, 0) is 28.5 Å². The van der Waals surface area contributed by atoms with Gasteiger partial charge in [0.2, 0.25) is 0 Å². The van der Waals surface area contributed by atoms with Gasteiger partial charge in [-0.15, -0.1) is 0 Å². The van der Waals surface area contributed by atoms with Crippen LogP contribution in [0.25, 0.3) is 11.1 Å². The average molecular weight is 620 g/mol. The van der Waals surface area contributed by atoms with Crippen LogP contribution in [0.3, 0.4) is 0 Å². The van der Waals surface area contributed by atoms with E-state index in [9.17, 15) is 14.4 Å². The van der Waals surface area contributed by atoms with Crippen molar-refractivity contribution in [3.8, 4) is 11.1 Å². The lowest BCUT2D eigenvalue weighted by atomic mass is 9.98. The lowest BCUT2D eigenvalue weighted by molar-refractivity contribution is -0.204. The third-order valence-corrected chi connectivity index (χ3v) is 8.58. The molecule has 13 nitrogen and oxygen atoms in total. The Kier molecular flexibility index (Phi) is 8.33. The van der Waals surface area contributed by atoms with Crippen molar-refractivity contribution in [1.82, 2.24) is 20.1 Å². The molecule has 6 atom stereocenters. The van der Waals surface area contributed by atoms with Gasteiger partial charge in [-0.1, -0.05) is 68.8 Å². The van der Waals surface area contributed by atoms with Gasteiger partial charge in [-0.2, -0.15) is 14.8 Å². The highest BCUT2D eigenvalue weighted by molar-refractivity contribution is 5.82. The lowest BCUT2D eigenvalue weighted by Crippen LogP contribution is -2.47. The molecular formula is C32H37N5O8. The molecule has 3 N–H and O–H groups in total. The molecule has 13 heteroatoms. The van der Waals surface area contributed by atoms with Crippen LogP contribution < -0.4 is 16.7 Å². The summed E-state index contributed by atoms with van der Waals surface area (Å²) in [4.78, 5) is 42.6. The number of aromatic nitrogens is 3. The van der Waals surface area contributed by atoms with E-state index in [1.54, 1.807) is 13.8 Å². The second-order valence-corrected chi connectivity index (χ2v) is 12.0. The Bertz CT molecular complexity index is 1600. The number of carbonyl (C=O) groups excluding carboxylic acids is 2. The van der Waals surface area contributed by atoms with Gasteiger partial charge in [0.1, 0.15) is 43.4 Å². The van der Waals surface area contributed by atoms with E-state index in [4.69, 9.17) is 29.4 Å². The van der Waals surface area contributed by atoms with E-state index >= 15 is 0 Å². The molecule has 2 aromatic carbocycles. The van der Waals surface area contributed by atoms with Crippen molar-refractivity contribution >= 4 is 17.9 Å². The number of hydrogen-bond donors (Lipinski definition) is 2. The maximum atomic E-state index is 13.4. The predicted octanol–water partition coefficient (Wildman–Crippen LogP) is 3.13. The first kappa shape index (κ1) is 30.7. The van der Waals surface area contributed by atoms with Crippen LogP contribution in [0.5, 0.6) is 0 Å². The minimum absolute atomic E-state index is 0.0276. The van der Waals surface area contributed by atoms with E-state index < -0.39 is 54.1 Å². The van der Waals surface area contributed by atoms with Crippen LogP contribution in [0.4, 0.5) is 10.6 Å². The van der Waals surface area contributed by atoms with Gasteiger partial charge in [0.05, 0.1) is 6.20 Å². The number of nitrogen functional groups attached to an aromatic ring is 1. The Morgan fingerprint density at radius 1 is 1.02 bits per heavy atom. The summed E-state index contributed by atoms with van der Waals surface area (Å²) in [6, 6.07) is 15.1. The minimum atomic E-state index is -0.981. The molecule has 2 unspecified atom stereocenters. The number of ether oxygens (including phenoxy) is 5. The first-order valence-corrected chi connectivity index (χ1v) is 15.1. The second kappa shape index (κ2) is 12.2. The summed E-state index contributed by atoms with van der Waals surface area (Å²) in [5.74, 6) is -2.02. The van der Waals surface area contributed by atoms with Crippen molar-refractivity contribution in [3.05, 3.63) is 76.3 Å². The molecule has 45 heavy (non-hydrogen) atoms. The number of esters is 1. The lowest BCUT2D eigenvalue weighted by Gasteiger charge is -2.26. The monoisotopic (exact) mass is 619 g/mol. The highest BCUT2D eigenvalue weighted by Crippen LogP contribution is 2.45. The first-order valence-electron chi connectivity index (χ1n) is 15.1. The van der Waals surface area contributed by atoms with E-state index in [2.05, 4.69) is 27.5 Å². The Morgan fingerprint density at radius 3 is 2.31 bits per heavy atom. The van der Waals surface area contributed by atoms with Gasteiger partial charge in [-0.25, -0.2) is 14.4 Å². The van der Waals surface area contributed by atoms with E-state index in [0.29, 0.717) is 6.42 Å². The molecule has 2 fully saturated rings. The zero-order valence-electron chi connectivity index (χ0n) is 25.5. The Balaban J connectivity index is 1.10. The summed E-state index contributed by atoms with van der Waals surface area (Å²) in [5.41, 5.74) is 9.30. The second-order valence-electron chi connectivity index (χ2n) is 12.0. The molecule has 2 saturated heterocycles. The topological polar surface area (TPSA) is 166 Å². The number of benzene rings is 2. The van der Waals surface area contributed by atoms with E-state index in [-0.39, 0.29) is 30.9 Å². The van der Waals surface area contributed by atoms with Crippen LogP contribution in [0.15, 0.2) is 59.5 Å². The molecule has 2 aliphatic heterocycles. The van der Waals surface area contributed by atoms with Crippen LogP contribution >= 0.6 is 0 Å². The van der Waals surface area contributed by atoms with Crippen molar-refractivity contribution in [2.24, 2.45) is 5.92 Å². The Morgan fingerprint density at radius 2 is 1.67 bits per heavy atom. The number of hydrogen-bond acceptors (Lipinski definition) is 11. The SMILES string of the molecule is CC[C@@H](C)C(NC(=O)OCC1c2ccccc2-c2ccccc21)C(=O)OC[C@H]1O[C@@H](n2ncc(N)nc2=O)[C@H]2OC(C)(C)OC12. The number of anilines is 1. The molecular weight excluding hydrogens is 582 g/mol. The average Bonchev–Trinajstić information content (AvgIpc) is 3.63. The van der Waals surface area contributed by atoms with Gasteiger partial charge in [-0.05, 0) is 42.0 Å². The van der Waals surface area contributed by atoms with E-state index in [1.807, 2.05) is 50.2 Å². The van der Waals surface area contributed by atoms with Crippen LogP contribution in [-0.4, -0.2) is 70.2 Å². The standard InChI is InChI=1S/C32H37N5O8/c1-5-17(2)25(36-31(40)42-15-22-20-12-8-6-10-18(20)19-11-7-9-13-21(19)22)29(38)41-16-23-26-27(45-32(3,4)44-26)28(43-23)37-30(39)35-24(33)14-34-37/h6-14,17,22-23,25-28H,5,15-16H2,1-4H3,(H,36,40)(H2,33,35,39)/t17-,23-,25?,26?,27+,28-/m1/s1. The zero-order chi connectivity index (χ0) is 31.9. The van der Waals surface area contributed by atoms with Gasteiger partial charge in [0, 0.05) is 5.92 Å². The molecule has 0 spiro atoms. The first-order chi connectivity index (χ1) is 21.6. The maximum absolute atomic E-state index is 13.4. The number of amides is 1. The smallest absolute Gasteiger partial charge is 0.407 e. The maximum Gasteiger partial charge on any atom is 0.407 e. The molecule has 0 radical (unpaired) electrons. The van der Waals surface area contributed by atoms with Crippen LogP contribution in [0.2, 0.25) is 0 Å². The van der Waals surface area contributed by atoms with Crippen molar-refractivity contribution in [2.75, 3.05) is 18.9 Å². The summed E-state index contributed by atoms with van der Waals surface area (Å²) in [7, 11) is 0. The highest BCUT2D eigenvalue weighted by Gasteiger charge is 2.57. The fraction of sp³-hybridized carbons (Fsp3) is 0.469. The van der Waals surface area contributed by atoms with Crippen molar-refractivity contribution < 1.29 is 33.3 Å². The van der Waals surface area contributed by atoms with Crippen molar-refractivity contribution in [3.63, 3.8) is 0 Å². The summed E-state index contributed by atoms with van der Waals surface area (Å²) in [5, 5.41) is 6.76. The Labute approximate surface area is 260 Å². The van der Waals surface area contributed by atoms with Crippen molar-refractivity contribution in [1.29, 1.82) is 0 Å². The fourth-order valence-electron chi connectivity index (χ4n) is 6.22. The van der Waals surface area contributed by atoms with Gasteiger partial charge in [0.25, 0.3) is 0 Å². The fourth-order valence-corrected chi connectivity index (χ4v) is 6.22. The molecule has 3 aliphatic rings. The third kappa shape index (κ3) is 6.02. The van der Waals surface area contributed by atoms with Crippen molar-refractivity contribution in [2.45, 2.75) is 76.4 Å². The number of fused-ring (bicyclic) bond motifs is 4. The molecule has 3 aromatic rings. The number of nitrogens with zero attached hydrogens (tertiary/aromatic N) is 3. The molecule has 6 rings (SSSR count). The number of rotatable bonds is 9.